The van der Waals surface area contributed by atoms with Crippen molar-refractivity contribution in [2.45, 2.75) is 45.6 Å². The highest BCUT2D eigenvalue weighted by molar-refractivity contribution is 6.31. The number of amides is 1. The predicted octanol–water partition coefficient (Wildman–Crippen LogP) is 4.97. The summed E-state index contributed by atoms with van der Waals surface area (Å²) in [6, 6.07) is 11.2. The lowest BCUT2D eigenvalue weighted by Gasteiger charge is -2.27. The first kappa shape index (κ1) is 22.4. The van der Waals surface area contributed by atoms with Crippen molar-refractivity contribution in [2.75, 3.05) is 13.2 Å². The summed E-state index contributed by atoms with van der Waals surface area (Å²) in [7, 11) is 0. The summed E-state index contributed by atoms with van der Waals surface area (Å²) in [6.45, 7) is 8.69. The van der Waals surface area contributed by atoms with Crippen molar-refractivity contribution in [2.24, 2.45) is 0 Å². The number of aliphatic hydroxyl groups is 1. The topological polar surface area (TPSA) is 89.5 Å². The number of aromatic hydroxyl groups is 1. The van der Waals surface area contributed by atoms with Gasteiger partial charge in [-0.15, -0.1) is 0 Å². The van der Waals surface area contributed by atoms with Crippen LogP contribution in [0.2, 0.25) is 5.02 Å². The van der Waals surface area contributed by atoms with Gasteiger partial charge >= 0.3 is 0 Å². The molecule has 0 spiro atoms. The quantitative estimate of drug-likeness (QED) is 0.508. The van der Waals surface area contributed by atoms with Crippen LogP contribution in [0, 0.1) is 6.92 Å². The van der Waals surface area contributed by atoms with Crippen LogP contribution in [0.3, 0.4) is 0 Å². The summed E-state index contributed by atoms with van der Waals surface area (Å²) >= 11 is 6.34. The molecule has 6 nitrogen and oxygen atoms in total. The van der Waals surface area contributed by atoms with Crippen LogP contribution in [-0.4, -0.2) is 44.4 Å². The number of fused-ring (bicyclic) bond motifs is 1. The zero-order valence-corrected chi connectivity index (χ0v) is 19.5. The molecule has 4 rings (SSSR count). The Morgan fingerprint density at radius 2 is 1.88 bits per heavy atom. The molecule has 1 aliphatic heterocycles. The SMILES string of the molecule is Cc1cc(O)c(-c2n[nH]c3c2[C@@H](c2ccc(C(C)(C)C)cc2)N(CCCO)C3=O)cc1Cl. The smallest absolute Gasteiger partial charge is 0.273 e. The van der Waals surface area contributed by atoms with Gasteiger partial charge in [-0.2, -0.15) is 5.10 Å². The molecule has 3 aromatic rings. The van der Waals surface area contributed by atoms with E-state index in [1.54, 1.807) is 17.0 Å². The van der Waals surface area contributed by atoms with Gasteiger partial charge < -0.3 is 15.1 Å². The summed E-state index contributed by atoms with van der Waals surface area (Å²) < 4.78 is 0. The zero-order valence-electron chi connectivity index (χ0n) is 18.7. The van der Waals surface area contributed by atoms with Crippen molar-refractivity contribution in [1.29, 1.82) is 0 Å². The lowest BCUT2D eigenvalue weighted by atomic mass is 9.85. The molecule has 32 heavy (non-hydrogen) atoms. The normalized spacial score (nSPS) is 16.0. The van der Waals surface area contributed by atoms with Crippen LogP contribution in [0.25, 0.3) is 11.3 Å². The molecule has 1 amide bonds. The average molecular weight is 454 g/mol. The Labute approximate surface area is 192 Å². The summed E-state index contributed by atoms with van der Waals surface area (Å²) in [4.78, 5) is 15.0. The highest BCUT2D eigenvalue weighted by atomic mass is 35.5. The van der Waals surface area contributed by atoms with Crippen LogP contribution in [-0.2, 0) is 5.41 Å². The number of carbonyl (C=O) groups is 1. The molecular weight excluding hydrogens is 426 g/mol. The van der Waals surface area contributed by atoms with Crippen molar-refractivity contribution in [3.63, 3.8) is 0 Å². The number of aryl methyl sites for hydroxylation is 1. The molecular formula is C25H28ClN3O3. The Hall–Kier alpha value is -2.83. The minimum Gasteiger partial charge on any atom is -0.507 e. The molecule has 1 aliphatic rings. The summed E-state index contributed by atoms with van der Waals surface area (Å²) in [5.74, 6) is -0.112. The molecule has 0 radical (unpaired) electrons. The van der Waals surface area contributed by atoms with Crippen molar-refractivity contribution in [1.82, 2.24) is 15.1 Å². The van der Waals surface area contributed by atoms with E-state index in [0.29, 0.717) is 40.5 Å². The second kappa shape index (κ2) is 8.26. The number of hydrogen-bond donors (Lipinski definition) is 3. The predicted molar refractivity (Wildman–Crippen MR) is 125 cm³/mol. The van der Waals surface area contributed by atoms with Crippen molar-refractivity contribution >= 4 is 17.5 Å². The van der Waals surface area contributed by atoms with Crippen molar-refractivity contribution < 1.29 is 15.0 Å². The number of phenols is 1. The molecule has 0 unspecified atom stereocenters. The largest absolute Gasteiger partial charge is 0.507 e. The standard InChI is InChI=1S/C25H28ClN3O3/c1-14-12-19(31)17(13-18(14)26)21-20-22(28-27-21)24(32)29(10-5-11-30)23(20)15-6-8-16(9-7-15)25(2,3)4/h6-9,12-13,23,30-31H,5,10-11H2,1-4H3,(H,27,28)/t23-/m1/s1. The number of phenolic OH excluding ortho intramolecular Hbond substituents is 1. The Morgan fingerprint density at radius 3 is 2.50 bits per heavy atom. The van der Waals surface area contributed by atoms with Gasteiger partial charge in [0.05, 0.1) is 6.04 Å². The molecule has 1 aromatic heterocycles. The number of halogens is 1. The lowest BCUT2D eigenvalue weighted by molar-refractivity contribution is 0.0732. The third-order valence-corrected chi connectivity index (χ3v) is 6.45. The Bertz CT molecular complexity index is 1160. The molecule has 2 heterocycles. The van der Waals surface area contributed by atoms with Gasteiger partial charge in [-0.1, -0.05) is 56.6 Å². The first-order chi connectivity index (χ1) is 15.1. The van der Waals surface area contributed by atoms with Crippen molar-refractivity contribution in [3.8, 4) is 17.0 Å². The Balaban J connectivity index is 1.87. The van der Waals surface area contributed by atoms with E-state index >= 15 is 0 Å². The van der Waals surface area contributed by atoms with Gasteiger partial charge in [0.2, 0.25) is 0 Å². The van der Waals surface area contributed by atoms with Gasteiger partial charge in [0, 0.05) is 29.3 Å². The highest BCUT2D eigenvalue weighted by Gasteiger charge is 2.42. The Kier molecular flexibility index (Phi) is 5.77. The molecule has 3 N–H and O–H groups in total. The number of carbonyl (C=O) groups excluding carboxylic acids is 1. The first-order valence-electron chi connectivity index (χ1n) is 10.7. The van der Waals surface area contributed by atoms with Gasteiger partial charge in [-0.3, -0.25) is 9.89 Å². The number of nitrogens with one attached hydrogen (secondary N) is 1. The number of aromatic nitrogens is 2. The maximum absolute atomic E-state index is 13.2. The molecule has 1 atom stereocenters. The van der Waals surface area contributed by atoms with Crippen LogP contribution < -0.4 is 0 Å². The van der Waals surface area contributed by atoms with Crippen molar-refractivity contribution in [3.05, 3.63) is 69.4 Å². The third-order valence-electron chi connectivity index (χ3n) is 6.05. The minimum absolute atomic E-state index is 0.00708. The summed E-state index contributed by atoms with van der Waals surface area (Å²) in [6.07, 6.45) is 0.469. The molecule has 0 saturated heterocycles. The number of aliphatic hydroxyl groups excluding tert-OH is 1. The highest BCUT2D eigenvalue weighted by Crippen LogP contribution is 2.45. The van der Waals surface area contributed by atoms with E-state index < -0.39 is 0 Å². The average Bonchev–Trinajstić information content (AvgIpc) is 3.27. The maximum atomic E-state index is 13.2. The minimum atomic E-state index is -0.383. The van der Waals surface area contributed by atoms with Crippen LogP contribution in [0.5, 0.6) is 5.75 Å². The second-order valence-corrected chi connectivity index (χ2v) is 9.74. The lowest BCUT2D eigenvalue weighted by Crippen LogP contribution is -2.31. The fourth-order valence-electron chi connectivity index (χ4n) is 4.24. The van der Waals surface area contributed by atoms with Crippen LogP contribution in [0.1, 0.15) is 66.0 Å². The van der Waals surface area contributed by atoms with E-state index in [1.165, 1.54) is 5.56 Å². The van der Waals surface area contributed by atoms with Gasteiger partial charge in [-0.25, -0.2) is 0 Å². The monoisotopic (exact) mass is 453 g/mol. The summed E-state index contributed by atoms with van der Waals surface area (Å²) in [5, 5.41) is 27.8. The van der Waals surface area contributed by atoms with Gasteiger partial charge in [0.15, 0.2) is 0 Å². The van der Waals surface area contributed by atoms with E-state index in [4.69, 9.17) is 11.6 Å². The number of H-pyrrole nitrogens is 1. The van der Waals surface area contributed by atoms with Crippen LogP contribution in [0.15, 0.2) is 36.4 Å². The molecule has 0 bridgehead atoms. The van der Waals surface area contributed by atoms with E-state index in [-0.39, 0.29) is 29.7 Å². The second-order valence-electron chi connectivity index (χ2n) is 9.33. The first-order valence-corrected chi connectivity index (χ1v) is 11.1. The van der Waals surface area contributed by atoms with E-state index in [0.717, 1.165) is 11.1 Å². The fourth-order valence-corrected chi connectivity index (χ4v) is 4.41. The molecule has 168 valence electrons. The Morgan fingerprint density at radius 1 is 1.19 bits per heavy atom. The zero-order chi connectivity index (χ0) is 23.2. The number of nitrogens with zero attached hydrogens (tertiary/aromatic N) is 2. The van der Waals surface area contributed by atoms with Gasteiger partial charge in [0.25, 0.3) is 5.91 Å². The molecule has 7 heteroatoms. The van der Waals surface area contributed by atoms with Crippen LogP contribution >= 0.6 is 11.6 Å². The molecule has 0 fully saturated rings. The number of aromatic amines is 1. The number of benzene rings is 2. The van der Waals surface area contributed by atoms with Gasteiger partial charge in [0.1, 0.15) is 17.1 Å². The van der Waals surface area contributed by atoms with Gasteiger partial charge in [-0.05, 0) is 47.6 Å². The summed E-state index contributed by atoms with van der Waals surface area (Å²) in [5.41, 5.74) is 5.01. The third kappa shape index (κ3) is 3.78. The number of hydrogen-bond acceptors (Lipinski definition) is 4. The molecule has 0 aliphatic carbocycles. The molecule has 0 saturated carbocycles. The molecule has 2 aromatic carbocycles. The van der Waals surface area contributed by atoms with E-state index in [9.17, 15) is 15.0 Å². The maximum Gasteiger partial charge on any atom is 0.273 e. The number of rotatable bonds is 5. The van der Waals surface area contributed by atoms with E-state index in [2.05, 4.69) is 43.1 Å². The fraction of sp³-hybridized carbons (Fsp3) is 0.360. The van der Waals surface area contributed by atoms with E-state index in [1.807, 2.05) is 19.1 Å². The van der Waals surface area contributed by atoms with Crippen LogP contribution in [0.4, 0.5) is 0 Å².